The molecule has 10 heteroatoms. The lowest BCUT2D eigenvalue weighted by molar-refractivity contribution is -0.121. The molecule has 0 atom stereocenters. The highest BCUT2D eigenvalue weighted by Crippen LogP contribution is 2.52. The van der Waals surface area contributed by atoms with Gasteiger partial charge in [0, 0.05) is 42.6 Å². The Balaban J connectivity index is 1.33. The van der Waals surface area contributed by atoms with Crippen LogP contribution in [0.1, 0.15) is 25.7 Å². The number of aromatic amines is 1. The predicted molar refractivity (Wildman–Crippen MR) is 152 cm³/mol. The average molecular weight is 571 g/mol. The van der Waals surface area contributed by atoms with Gasteiger partial charge in [-0.1, -0.05) is 12.1 Å². The summed E-state index contributed by atoms with van der Waals surface area (Å²) in [5.41, 5.74) is 7.34. The first-order valence-corrected chi connectivity index (χ1v) is 13.3. The molecule has 0 aliphatic heterocycles. The zero-order valence-electron chi connectivity index (χ0n) is 22.2. The van der Waals surface area contributed by atoms with Crippen molar-refractivity contribution in [3.8, 4) is 22.6 Å². The van der Waals surface area contributed by atoms with Crippen LogP contribution in [-0.4, -0.2) is 21.8 Å². The van der Waals surface area contributed by atoms with Crippen LogP contribution in [0.2, 0.25) is 0 Å². The Bertz CT molecular complexity index is 1800. The van der Waals surface area contributed by atoms with Gasteiger partial charge < -0.3 is 15.5 Å². The molecule has 0 unspecified atom stereocenters. The van der Waals surface area contributed by atoms with Crippen molar-refractivity contribution in [1.82, 2.24) is 9.97 Å². The predicted octanol–water partition coefficient (Wildman–Crippen LogP) is 7.15. The maximum absolute atomic E-state index is 15.6. The Labute approximate surface area is 238 Å². The Morgan fingerprint density at radius 1 is 0.881 bits per heavy atom. The number of nitrogens with two attached hydrogens (primary N) is 1. The number of benzene rings is 3. The van der Waals surface area contributed by atoms with Gasteiger partial charge in [0.25, 0.3) is 0 Å². The summed E-state index contributed by atoms with van der Waals surface area (Å²) < 4.78 is 48.8. The minimum Gasteiger partial charge on any atom is -0.453 e. The van der Waals surface area contributed by atoms with Crippen LogP contribution in [0.5, 0.6) is 11.5 Å². The molecule has 42 heavy (non-hydrogen) atoms. The smallest absolute Gasteiger partial charge is 0.232 e. The summed E-state index contributed by atoms with van der Waals surface area (Å²) in [4.78, 5) is 33.8. The van der Waals surface area contributed by atoms with Crippen molar-refractivity contribution in [2.24, 2.45) is 11.1 Å². The molecule has 2 heterocycles. The van der Waals surface area contributed by atoms with Crippen molar-refractivity contribution >= 4 is 34.2 Å². The fourth-order valence-corrected chi connectivity index (χ4v) is 5.19. The number of amides is 2. The van der Waals surface area contributed by atoms with Gasteiger partial charge in [-0.3, -0.25) is 14.5 Å². The van der Waals surface area contributed by atoms with Gasteiger partial charge in [0.2, 0.25) is 11.8 Å². The normalized spacial score (nSPS) is 13.6. The van der Waals surface area contributed by atoms with E-state index in [-0.39, 0.29) is 36.0 Å². The number of H-pyrrole nitrogens is 1. The van der Waals surface area contributed by atoms with Crippen LogP contribution in [0.3, 0.4) is 0 Å². The third kappa shape index (κ3) is 5.43. The van der Waals surface area contributed by atoms with Crippen LogP contribution >= 0.6 is 0 Å². The van der Waals surface area contributed by atoms with Gasteiger partial charge in [-0.05, 0) is 78.4 Å². The summed E-state index contributed by atoms with van der Waals surface area (Å²) in [7, 11) is 0. The van der Waals surface area contributed by atoms with Gasteiger partial charge in [0.1, 0.15) is 23.0 Å². The van der Waals surface area contributed by atoms with Crippen molar-refractivity contribution in [2.75, 3.05) is 4.90 Å². The fraction of sp³-hybridized carbons (Fsp3) is 0.156. The number of ether oxygens (including phenoxy) is 1. The summed E-state index contributed by atoms with van der Waals surface area (Å²) in [6.45, 7) is 0. The first kappa shape index (κ1) is 27.1. The number of nitrogens with zero attached hydrogens (tertiary/aromatic N) is 2. The van der Waals surface area contributed by atoms with Gasteiger partial charge in [-0.25, -0.2) is 18.2 Å². The van der Waals surface area contributed by atoms with E-state index in [1.807, 2.05) is 0 Å². The number of rotatable bonds is 9. The monoisotopic (exact) mass is 570 g/mol. The topological polar surface area (TPSA) is 101 Å². The van der Waals surface area contributed by atoms with Crippen LogP contribution in [-0.2, 0) is 9.59 Å². The highest BCUT2D eigenvalue weighted by atomic mass is 19.1. The van der Waals surface area contributed by atoms with Crippen LogP contribution in [0.25, 0.3) is 22.2 Å². The summed E-state index contributed by atoms with van der Waals surface area (Å²) in [6, 6.07) is 16.9. The summed E-state index contributed by atoms with van der Waals surface area (Å²) in [6.07, 6.45) is 4.70. The van der Waals surface area contributed by atoms with Crippen LogP contribution in [0.4, 0.5) is 24.5 Å². The summed E-state index contributed by atoms with van der Waals surface area (Å²) >= 11 is 0. The molecule has 7 nitrogen and oxygen atoms in total. The lowest BCUT2D eigenvalue weighted by Gasteiger charge is -2.25. The number of anilines is 2. The molecule has 1 saturated carbocycles. The van der Waals surface area contributed by atoms with E-state index in [4.69, 9.17) is 10.5 Å². The number of carbonyl (C=O) groups is 2. The number of fused-ring (bicyclic) bond motifs is 1. The molecule has 2 amide bonds. The number of primary amides is 1. The van der Waals surface area contributed by atoms with Crippen molar-refractivity contribution in [3.63, 3.8) is 0 Å². The molecule has 212 valence electrons. The Kier molecular flexibility index (Phi) is 6.89. The Morgan fingerprint density at radius 3 is 2.19 bits per heavy atom. The maximum atomic E-state index is 15.6. The zero-order chi connectivity index (χ0) is 29.4. The van der Waals surface area contributed by atoms with E-state index in [1.54, 1.807) is 24.4 Å². The van der Waals surface area contributed by atoms with E-state index in [2.05, 4.69) is 9.97 Å². The third-order valence-electron chi connectivity index (χ3n) is 7.45. The van der Waals surface area contributed by atoms with Crippen molar-refractivity contribution < 1.29 is 27.5 Å². The molecule has 0 spiro atoms. The largest absolute Gasteiger partial charge is 0.453 e. The molecule has 3 N–H and O–H groups in total. The van der Waals surface area contributed by atoms with Crippen molar-refractivity contribution in [3.05, 3.63) is 103 Å². The number of pyridine rings is 1. The lowest BCUT2D eigenvalue weighted by atomic mass is 9.96. The van der Waals surface area contributed by atoms with E-state index in [9.17, 15) is 18.4 Å². The number of hydrogen-bond acceptors (Lipinski definition) is 4. The second kappa shape index (κ2) is 10.7. The molecule has 0 saturated heterocycles. The van der Waals surface area contributed by atoms with Crippen molar-refractivity contribution in [1.29, 1.82) is 0 Å². The molecule has 6 rings (SSSR count). The van der Waals surface area contributed by atoms with E-state index in [1.165, 1.54) is 65.7 Å². The van der Waals surface area contributed by atoms with Crippen molar-refractivity contribution in [2.45, 2.75) is 25.7 Å². The van der Waals surface area contributed by atoms with E-state index in [0.29, 0.717) is 40.9 Å². The van der Waals surface area contributed by atoms with Gasteiger partial charge in [-0.15, -0.1) is 0 Å². The van der Waals surface area contributed by atoms with Gasteiger partial charge >= 0.3 is 0 Å². The second-order valence-corrected chi connectivity index (χ2v) is 10.5. The Morgan fingerprint density at radius 2 is 1.55 bits per heavy atom. The van der Waals surface area contributed by atoms with E-state index in [0.717, 1.165) is 5.56 Å². The average Bonchev–Trinajstić information content (AvgIpc) is 3.55. The molecule has 5 aromatic rings. The van der Waals surface area contributed by atoms with Gasteiger partial charge in [0.15, 0.2) is 11.6 Å². The first-order chi connectivity index (χ1) is 20.2. The van der Waals surface area contributed by atoms with Crippen LogP contribution in [0, 0.1) is 22.9 Å². The Hall–Kier alpha value is -5.12. The number of carbonyl (C=O) groups excluding carboxylic acids is 2. The fourth-order valence-electron chi connectivity index (χ4n) is 5.19. The highest BCUT2D eigenvalue weighted by molar-refractivity contribution is 6.01. The molecule has 0 bridgehead atoms. The molecule has 1 fully saturated rings. The maximum Gasteiger partial charge on any atom is 0.232 e. The van der Waals surface area contributed by atoms with Gasteiger partial charge in [-0.2, -0.15) is 0 Å². The standard InChI is InChI=1S/C32H25F3N4O3/c33-20-3-1-19(2-4-20)24-18-38-31-30(24)27(11-14-37-31)42-26-10-9-23(15-25(26)35)39(22-7-5-21(34)6-8-22)29(41)17-32(12-13-32)16-28(36)40/h1-11,14-15,18H,12-13,16-17H2,(H2,36,40)(H,37,38). The summed E-state index contributed by atoms with van der Waals surface area (Å²) in [5, 5.41) is 0.583. The molecular formula is C32H25F3N4O3. The number of nitrogens with one attached hydrogen (secondary N) is 1. The quantitative estimate of drug-likeness (QED) is 0.197. The highest BCUT2D eigenvalue weighted by Gasteiger charge is 2.46. The minimum absolute atomic E-state index is 0.0296. The SMILES string of the molecule is NC(=O)CC1(CC(=O)N(c2ccc(F)cc2)c2ccc(Oc3ccnc4[nH]cc(-c5ccc(F)cc5)c34)c(F)c2)CC1. The molecular weight excluding hydrogens is 545 g/mol. The van der Waals surface area contributed by atoms with E-state index >= 15 is 4.39 Å². The number of hydrogen-bond donors (Lipinski definition) is 2. The minimum atomic E-state index is -0.741. The van der Waals surface area contributed by atoms with Gasteiger partial charge in [0.05, 0.1) is 11.1 Å². The number of aromatic nitrogens is 2. The van der Waals surface area contributed by atoms with Crippen LogP contribution < -0.4 is 15.4 Å². The second-order valence-electron chi connectivity index (χ2n) is 10.5. The number of halogens is 3. The third-order valence-corrected chi connectivity index (χ3v) is 7.45. The van der Waals surface area contributed by atoms with E-state index < -0.39 is 23.0 Å². The molecule has 2 aromatic heterocycles. The summed E-state index contributed by atoms with van der Waals surface area (Å²) in [5.74, 6) is -2.24. The first-order valence-electron chi connectivity index (χ1n) is 13.3. The van der Waals surface area contributed by atoms with Crippen LogP contribution in [0.15, 0.2) is 85.2 Å². The molecule has 3 aromatic carbocycles. The lowest BCUT2D eigenvalue weighted by Crippen LogP contribution is -2.30. The molecule has 1 aliphatic carbocycles. The molecule has 0 radical (unpaired) electrons. The molecule has 1 aliphatic rings. The zero-order valence-corrected chi connectivity index (χ0v) is 22.2.